The van der Waals surface area contributed by atoms with Gasteiger partial charge < -0.3 is 10.6 Å². The highest BCUT2D eigenvalue weighted by Crippen LogP contribution is 2.20. The summed E-state index contributed by atoms with van der Waals surface area (Å²) in [6, 6.07) is 20.3. The van der Waals surface area contributed by atoms with Gasteiger partial charge in [-0.3, -0.25) is 4.68 Å². The Bertz CT molecular complexity index is 814. The Morgan fingerprint density at radius 1 is 1.08 bits per heavy atom. The Hall–Kier alpha value is -3.08. The zero-order valence-corrected chi connectivity index (χ0v) is 14.9. The molecule has 0 saturated carbocycles. The highest BCUT2D eigenvalue weighted by molar-refractivity contribution is 5.89. The van der Waals surface area contributed by atoms with Crippen LogP contribution in [0.1, 0.15) is 30.0 Å². The summed E-state index contributed by atoms with van der Waals surface area (Å²) in [5.41, 5.74) is 3.11. The number of hydrogen-bond donors (Lipinski definition) is 2. The number of urea groups is 1. The first-order chi connectivity index (χ1) is 12.7. The van der Waals surface area contributed by atoms with E-state index in [9.17, 15) is 4.79 Å². The van der Waals surface area contributed by atoms with Crippen LogP contribution in [0, 0.1) is 0 Å². The molecule has 0 fully saturated rings. The van der Waals surface area contributed by atoms with Crippen LogP contribution in [-0.2, 0) is 13.5 Å². The van der Waals surface area contributed by atoms with Crippen molar-refractivity contribution in [2.24, 2.45) is 7.05 Å². The standard InChI is InChI=1S/C21H24N4O/c1-25-16-19(15-22-25)23-21(26)24-20(18-12-6-3-7-13-18)14-8-11-17-9-4-2-5-10-17/h2-7,9-10,12-13,15-16,20H,8,11,14H2,1H3,(H2,23,24,26). The van der Waals surface area contributed by atoms with Gasteiger partial charge in [0.05, 0.1) is 17.9 Å². The fourth-order valence-electron chi connectivity index (χ4n) is 2.97. The maximum absolute atomic E-state index is 12.4. The Labute approximate surface area is 154 Å². The lowest BCUT2D eigenvalue weighted by Gasteiger charge is -2.19. The number of aromatic nitrogens is 2. The highest BCUT2D eigenvalue weighted by Gasteiger charge is 2.14. The first-order valence-corrected chi connectivity index (χ1v) is 8.86. The summed E-state index contributed by atoms with van der Waals surface area (Å²) in [5.74, 6) is 0. The fourth-order valence-corrected chi connectivity index (χ4v) is 2.97. The molecule has 5 nitrogen and oxygen atoms in total. The van der Waals surface area contributed by atoms with E-state index < -0.39 is 0 Å². The van der Waals surface area contributed by atoms with Gasteiger partial charge in [-0.05, 0) is 30.4 Å². The third kappa shape index (κ3) is 5.21. The molecule has 2 N–H and O–H groups in total. The van der Waals surface area contributed by atoms with Gasteiger partial charge in [0.15, 0.2) is 0 Å². The van der Waals surface area contributed by atoms with E-state index in [0.29, 0.717) is 5.69 Å². The van der Waals surface area contributed by atoms with Crippen molar-refractivity contribution in [3.63, 3.8) is 0 Å². The van der Waals surface area contributed by atoms with E-state index in [1.165, 1.54) is 5.56 Å². The number of aryl methyl sites for hydroxylation is 2. The number of hydrogen-bond acceptors (Lipinski definition) is 2. The van der Waals surface area contributed by atoms with Gasteiger partial charge in [0.1, 0.15) is 0 Å². The molecule has 2 aromatic carbocycles. The second-order valence-corrected chi connectivity index (χ2v) is 6.34. The topological polar surface area (TPSA) is 59.0 Å². The average molecular weight is 348 g/mol. The molecule has 3 rings (SSSR count). The van der Waals surface area contributed by atoms with Crippen molar-refractivity contribution in [2.75, 3.05) is 5.32 Å². The van der Waals surface area contributed by atoms with E-state index in [4.69, 9.17) is 0 Å². The van der Waals surface area contributed by atoms with Gasteiger partial charge in [-0.1, -0.05) is 60.7 Å². The first kappa shape index (κ1) is 17.7. The van der Waals surface area contributed by atoms with Crippen molar-refractivity contribution in [1.82, 2.24) is 15.1 Å². The Kier molecular flexibility index (Phi) is 6.04. The molecule has 3 aromatic rings. The van der Waals surface area contributed by atoms with Crippen LogP contribution in [0.2, 0.25) is 0 Å². The van der Waals surface area contributed by atoms with Crippen LogP contribution >= 0.6 is 0 Å². The van der Waals surface area contributed by atoms with E-state index in [0.717, 1.165) is 24.8 Å². The predicted molar refractivity (Wildman–Crippen MR) is 104 cm³/mol. The number of carbonyl (C=O) groups is 1. The summed E-state index contributed by atoms with van der Waals surface area (Å²) in [6.07, 6.45) is 6.27. The number of anilines is 1. The monoisotopic (exact) mass is 348 g/mol. The molecule has 0 spiro atoms. The predicted octanol–water partition coefficient (Wildman–Crippen LogP) is 4.31. The van der Waals surface area contributed by atoms with Gasteiger partial charge in [0, 0.05) is 13.2 Å². The SMILES string of the molecule is Cn1cc(NC(=O)NC(CCCc2ccccc2)c2ccccc2)cn1. The lowest BCUT2D eigenvalue weighted by Crippen LogP contribution is -2.32. The van der Waals surface area contributed by atoms with Gasteiger partial charge in [0.2, 0.25) is 0 Å². The van der Waals surface area contributed by atoms with Crippen LogP contribution in [0.5, 0.6) is 0 Å². The number of rotatable bonds is 7. The molecular formula is C21H24N4O. The zero-order chi connectivity index (χ0) is 18.2. The van der Waals surface area contributed by atoms with Crippen molar-refractivity contribution in [3.05, 3.63) is 84.2 Å². The molecule has 134 valence electrons. The minimum atomic E-state index is -0.216. The Morgan fingerprint density at radius 3 is 2.42 bits per heavy atom. The van der Waals surface area contributed by atoms with Gasteiger partial charge in [-0.25, -0.2) is 4.79 Å². The second kappa shape index (κ2) is 8.85. The molecule has 1 aromatic heterocycles. The van der Waals surface area contributed by atoms with Crippen molar-refractivity contribution >= 4 is 11.7 Å². The molecule has 5 heteroatoms. The Morgan fingerprint density at radius 2 is 1.77 bits per heavy atom. The maximum Gasteiger partial charge on any atom is 0.319 e. The smallest absolute Gasteiger partial charge is 0.319 e. The molecule has 0 bridgehead atoms. The molecular weight excluding hydrogens is 324 g/mol. The van der Waals surface area contributed by atoms with Crippen LogP contribution < -0.4 is 10.6 Å². The lowest BCUT2D eigenvalue weighted by molar-refractivity contribution is 0.247. The molecule has 2 amide bonds. The van der Waals surface area contributed by atoms with Crippen molar-refractivity contribution < 1.29 is 4.79 Å². The number of benzene rings is 2. The molecule has 1 heterocycles. The zero-order valence-electron chi connectivity index (χ0n) is 14.9. The normalized spacial score (nSPS) is 11.7. The van der Waals surface area contributed by atoms with Crippen LogP contribution in [0.4, 0.5) is 10.5 Å². The summed E-state index contributed by atoms with van der Waals surface area (Å²) in [6.45, 7) is 0. The molecule has 0 radical (unpaired) electrons. The quantitative estimate of drug-likeness (QED) is 0.668. The minimum Gasteiger partial charge on any atom is -0.331 e. The molecule has 0 aliphatic heterocycles. The molecule has 26 heavy (non-hydrogen) atoms. The number of amides is 2. The molecule has 1 atom stereocenters. The first-order valence-electron chi connectivity index (χ1n) is 8.86. The Balaban J connectivity index is 1.60. The fraction of sp³-hybridized carbons (Fsp3) is 0.238. The number of nitrogens with zero attached hydrogens (tertiary/aromatic N) is 2. The molecule has 0 aliphatic rings. The molecule has 0 aliphatic carbocycles. The van der Waals surface area contributed by atoms with Crippen molar-refractivity contribution in [3.8, 4) is 0 Å². The van der Waals surface area contributed by atoms with E-state index in [2.05, 4.69) is 52.1 Å². The van der Waals surface area contributed by atoms with Crippen LogP contribution in [0.3, 0.4) is 0 Å². The van der Waals surface area contributed by atoms with Crippen molar-refractivity contribution in [1.29, 1.82) is 0 Å². The van der Waals surface area contributed by atoms with Crippen LogP contribution in [0.25, 0.3) is 0 Å². The minimum absolute atomic E-state index is 0.0309. The van der Waals surface area contributed by atoms with Gasteiger partial charge >= 0.3 is 6.03 Å². The summed E-state index contributed by atoms with van der Waals surface area (Å²) in [4.78, 5) is 12.4. The van der Waals surface area contributed by atoms with Crippen LogP contribution in [-0.4, -0.2) is 15.8 Å². The summed E-state index contributed by atoms with van der Waals surface area (Å²) >= 11 is 0. The number of nitrogens with one attached hydrogen (secondary N) is 2. The summed E-state index contributed by atoms with van der Waals surface area (Å²) < 4.78 is 1.66. The number of carbonyl (C=O) groups excluding carboxylic acids is 1. The third-order valence-corrected chi connectivity index (χ3v) is 4.27. The third-order valence-electron chi connectivity index (χ3n) is 4.27. The van der Waals surface area contributed by atoms with E-state index >= 15 is 0 Å². The maximum atomic E-state index is 12.4. The highest BCUT2D eigenvalue weighted by atomic mass is 16.2. The van der Waals surface area contributed by atoms with Gasteiger partial charge in [0.25, 0.3) is 0 Å². The average Bonchev–Trinajstić information content (AvgIpc) is 3.07. The van der Waals surface area contributed by atoms with Crippen LogP contribution in [0.15, 0.2) is 73.1 Å². The van der Waals surface area contributed by atoms with Crippen molar-refractivity contribution in [2.45, 2.75) is 25.3 Å². The summed E-state index contributed by atoms with van der Waals surface area (Å²) in [7, 11) is 1.82. The van der Waals surface area contributed by atoms with E-state index in [1.807, 2.05) is 31.3 Å². The summed E-state index contributed by atoms with van der Waals surface area (Å²) in [5, 5.41) is 9.99. The van der Waals surface area contributed by atoms with Gasteiger partial charge in [-0.15, -0.1) is 0 Å². The van der Waals surface area contributed by atoms with E-state index in [1.54, 1.807) is 17.1 Å². The molecule has 0 saturated heterocycles. The van der Waals surface area contributed by atoms with E-state index in [-0.39, 0.29) is 12.1 Å². The molecule has 1 unspecified atom stereocenters. The lowest BCUT2D eigenvalue weighted by atomic mass is 9.99. The largest absolute Gasteiger partial charge is 0.331 e. The van der Waals surface area contributed by atoms with Gasteiger partial charge in [-0.2, -0.15) is 5.10 Å². The second-order valence-electron chi connectivity index (χ2n) is 6.34.